The molecule has 1 aliphatic rings. The van der Waals surface area contributed by atoms with Gasteiger partial charge in [-0.2, -0.15) is 9.40 Å². The van der Waals surface area contributed by atoms with E-state index in [1.165, 1.54) is 15.3 Å². The van der Waals surface area contributed by atoms with Crippen LogP contribution in [0.2, 0.25) is 0 Å². The van der Waals surface area contributed by atoms with Crippen molar-refractivity contribution < 1.29 is 22.0 Å². The number of piperazine rings is 1. The molecule has 1 aromatic carbocycles. The maximum atomic E-state index is 13.4. The summed E-state index contributed by atoms with van der Waals surface area (Å²) in [6.45, 7) is 6.40. The molecule has 0 spiro atoms. The van der Waals surface area contributed by atoms with Crippen molar-refractivity contribution in [1.82, 2.24) is 19.0 Å². The number of amides is 1. The summed E-state index contributed by atoms with van der Waals surface area (Å²) in [6.07, 6.45) is 0. The number of hydrogen-bond acceptors (Lipinski definition) is 4. The number of benzene rings is 1. The fourth-order valence-electron chi connectivity index (χ4n) is 3.43. The third-order valence-electron chi connectivity index (χ3n) is 4.90. The lowest BCUT2D eigenvalue weighted by molar-refractivity contribution is 0.0697. The molecule has 1 saturated heterocycles. The summed E-state index contributed by atoms with van der Waals surface area (Å²) in [5.41, 5.74) is 1.06. The zero-order valence-electron chi connectivity index (χ0n) is 15.9. The third-order valence-corrected chi connectivity index (χ3v) is 7.06. The van der Waals surface area contributed by atoms with E-state index in [4.69, 9.17) is 0 Å². The Morgan fingerprint density at radius 2 is 1.75 bits per heavy atom. The average molecular weight is 412 g/mol. The van der Waals surface area contributed by atoms with Gasteiger partial charge in [0, 0.05) is 38.3 Å². The van der Waals surface area contributed by atoms with Crippen molar-refractivity contribution in [2.24, 2.45) is 0 Å². The summed E-state index contributed by atoms with van der Waals surface area (Å²) >= 11 is 0. The molecule has 0 radical (unpaired) electrons. The van der Waals surface area contributed by atoms with Crippen molar-refractivity contribution in [2.45, 2.75) is 32.2 Å². The van der Waals surface area contributed by atoms with E-state index < -0.39 is 27.6 Å². The Balaban J connectivity index is 1.75. The van der Waals surface area contributed by atoms with Gasteiger partial charge in [0.2, 0.25) is 10.0 Å². The Hall–Kier alpha value is -2.33. The Morgan fingerprint density at radius 3 is 2.29 bits per heavy atom. The number of aromatic nitrogens is 2. The van der Waals surface area contributed by atoms with E-state index in [9.17, 15) is 22.0 Å². The molecule has 3 rings (SSSR count). The first kappa shape index (κ1) is 20.4. The van der Waals surface area contributed by atoms with Crippen LogP contribution < -0.4 is 0 Å². The zero-order valence-corrected chi connectivity index (χ0v) is 16.8. The fourth-order valence-corrected chi connectivity index (χ4v) is 5.23. The quantitative estimate of drug-likeness (QED) is 0.769. The number of aryl methyl sites for hydroxylation is 2. The lowest BCUT2D eigenvalue weighted by Crippen LogP contribution is -2.50. The van der Waals surface area contributed by atoms with Gasteiger partial charge in [-0.1, -0.05) is 0 Å². The Labute approximate surface area is 162 Å². The third kappa shape index (κ3) is 3.53. The van der Waals surface area contributed by atoms with Gasteiger partial charge in [0.25, 0.3) is 5.91 Å². The van der Waals surface area contributed by atoms with Crippen molar-refractivity contribution in [2.75, 3.05) is 26.2 Å². The molecule has 0 N–H and O–H groups in total. The van der Waals surface area contributed by atoms with E-state index in [0.717, 1.165) is 12.1 Å². The molecule has 1 fully saturated rings. The standard InChI is InChI=1S/C18H22F2N4O3S/c1-4-24-13(3)17(12(2)21-24)28(26,27)23-9-7-22(8-10-23)18(25)14-5-6-15(19)16(20)11-14/h5-6,11H,4,7-10H2,1-3H3. The molecular formula is C18H22F2N4O3S. The van der Waals surface area contributed by atoms with Crippen molar-refractivity contribution in [3.05, 3.63) is 46.8 Å². The van der Waals surface area contributed by atoms with Crippen LogP contribution in [-0.4, -0.2) is 59.5 Å². The van der Waals surface area contributed by atoms with Gasteiger partial charge in [0.15, 0.2) is 11.6 Å². The van der Waals surface area contributed by atoms with Crippen LogP contribution in [0.15, 0.2) is 23.1 Å². The summed E-state index contributed by atoms with van der Waals surface area (Å²) in [4.78, 5) is 14.1. The van der Waals surface area contributed by atoms with Gasteiger partial charge in [-0.25, -0.2) is 17.2 Å². The van der Waals surface area contributed by atoms with E-state index in [1.54, 1.807) is 18.5 Å². The molecule has 0 unspecified atom stereocenters. The van der Waals surface area contributed by atoms with Crippen LogP contribution in [0.3, 0.4) is 0 Å². The molecule has 0 aliphatic carbocycles. The van der Waals surface area contributed by atoms with Crippen molar-refractivity contribution in [3.8, 4) is 0 Å². The smallest absolute Gasteiger partial charge is 0.254 e. The number of carbonyl (C=O) groups excluding carboxylic acids is 1. The first-order chi connectivity index (χ1) is 13.2. The van der Waals surface area contributed by atoms with E-state index >= 15 is 0 Å². The van der Waals surface area contributed by atoms with Crippen LogP contribution in [0.4, 0.5) is 8.78 Å². The molecule has 0 atom stereocenters. The van der Waals surface area contributed by atoms with Gasteiger partial charge in [0.05, 0.1) is 11.4 Å². The van der Waals surface area contributed by atoms with Crippen LogP contribution in [0.1, 0.15) is 28.7 Å². The maximum absolute atomic E-state index is 13.4. The summed E-state index contributed by atoms with van der Waals surface area (Å²) in [6, 6.07) is 2.97. The van der Waals surface area contributed by atoms with E-state index in [2.05, 4.69) is 5.10 Å². The minimum Gasteiger partial charge on any atom is -0.336 e. The van der Waals surface area contributed by atoms with Gasteiger partial charge >= 0.3 is 0 Å². The van der Waals surface area contributed by atoms with Crippen LogP contribution in [0.25, 0.3) is 0 Å². The maximum Gasteiger partial charge on any atom is 0.254 e. The Morgan fingerprint density at radius 1 is 1.11 bits per heavy atom. The summed E-state index contributed by atoms with van der Waals surface area (Å²) in [7, 11) is -3.74. The van der Waals surface area contributed by atoms with Crippen molar-refractivity contribution >= 4 is 15.9 Å². The Kier molecular flexibility index (Phi) is 5.53. The predicted octanol–water partition coefficient (Wildman–Crippen LogP) is 1.94. The number of carbonyl (C=O) groups is 1. The minimum atomic E-state index is -3.74. The Bertz CT molecular complexity index is 1010. The number of rotatable bonds is 4. The van der Waals surface area contributed by atoms with Gasteiger partial charge in [-0.15, -0.1) is 0 Å². The average Bonchev–Trinajstić information content (AvgIpc) is 2.97. The molecular weight excluding hydrogens is 390 g/mol. The molecule has 0 bridgehead atoms. The van der Waals surface area contributed by atoms with Gasteiger partial charge < -0.3 is 4.90 Å². The largest absolute Gasteiger partial charge is 0.336 e. The topological polar surface area (TPSA) is 75.5 Å². The second-order valence-electron chi connectivity index (χ2n) is 6.64. The first-order valence-electron chi connectivity index (χ1n) is 8.95. The molecule has 152 valence electrons. The van der Waals surface area contributed by atoms with Crippen molar-refractivity contribution in [1.29, 1.82) is 0 Å². The highest BCUT2D eigenvalue weighted by Crippen LogP contribution is 2.25. The minimum absolute atomic E-state index is 0.0334. The van der Waals surface area contributed by atoms with Gasteiger partial charge in [-0.05, 0) is 39.0 Å². The molecule has 7 nitrogen and oxygen atoms in total. The summed E-state index contributed by atoms with van der Waals surface area (Å²) < 4.78 is 55.5. The summed E-state index contributed by atoms with van der Waals surface area (Å²) in [5, 5.41) is 4.27. The fraction of sp³-hybridized carbons (Fsp3) is 0.444. The van der Waals surface area contributed by atoms with Crippen LogP contribution in [0.5, 0.6) is 0 Å². The number of sulfonamides is 1. The zero-order chi connectivity index (χ0) is 20.6. The molecule has 0 saturated carbocycles. The van der Waals surface area contributed by atoms with E-state index in [1.807, 2.05) is 6.92 Å². The van der Waals surface area contributed by atoms with E-state index in [0.29, 0.717) is 17.9 Å². The highest BCUT2D eigenvalue weighted by molar-refractivity contribution is 7.89. The molecule has 28 heavy (non-hydrogen) atoms. The number of hydrogen-bond donors (Lipinski definition) is 0. The first-order valence-corrected chi connectivity index (χ1v) is 10.4. The SMILES string of the molecule is CCn1nc(C)c(S(=O)(=O)N2CCN(C(=O)c3ccc(F)c(F)c3)CC2)c1C. The second-order valence-corrected chi connectivity index (χ2v) is 8.52. The predicted molar refractivity (Wildman–Crippen MR) is 98.4 cm³/mol. The molecule has 1 amide bonds. The van der Waals surface area contributed by atoms with Crippen LogP contribution in [-0.2, 0) is 16.6 Å². The second kappa shape index (κ2) is 7.59. The molecule has 1 aromatic heterocycles. The summed E-state index contributed by atoms with van der Waals surface area (Å²) in [5.74, 6) is -2.57. The molecule has 10 heteroatoms. The number of halogens is 2. The lowest BCUT2D eigenvalue weighted by Gasteiger charge is -2.34. The van der Waals surface area contributed by atoms with Gasteiger partial charge in [-0.3, -0.25) is 9.48 Å². The monoisotopic (exact) mass is 412 g/mol. The normalized spacial score (nSPS) is 15.8. The van der Waals surface area contributed by atoms with Crippen molar-refractivity contribution in [3.63, 3.8) is 0 Å². The number of nitrogens with zero attached hydrogens (tertiary/aromatic N) is 4. The van der Waals surface area contributed by atoms with Gasteiger partial charge in [0.1, 0.15) is 4.90 Å². The van der Waals surface area contributed by atoms with Crippen LogP contribution >= 0.6 is 0 Å². The molecule has 2 aromatic rings. The highest BCUT2D eigenvalue weighted by atomic mass is 32.2. The van der Waals surface area contributed by atoms with Crippen LogP contribution in [0, 0.1) is 25.5 Å². The highest BCUT2D eigenvalue weighted by Gasteiger charge is 2.34. The molecule has 2 heterocycles. The van der Waals surface area contributed by atoms with E-state index in [-0.39, 0.29) is 36.6 Å². The lowest BCUT2D eigenvalue weighted by atomic mass is 10.1. The molecule has 1 aliphatic heterocycles.